The number of fused-ring (bicyclic) bond motifs is 2. The molecule has 0 fully saturated rings. The van der Waals surface area contributed by atoms with Gasteiger partial charge in [0, 0.05) is 6.20 Å². The van der Waals surface area contributed by atoms with Crippen molar-refractivity contribution in [2.24, 2.45) is 5.92 Å². The van der Waals surface area contributed by atoms with Crippen LogP contribution in [-0.4, -0.2) is 43.6 Å². The molecule has 1 aliphatic rings. The van der Waals surface area contributed by atoms with E-state index in [1.54, 1.807) is 0 Å². The molecule has 9 nitrogen and oxygen atoms in total. The van der Waals surface area contributed by atoms with E-state index < -0.39 is 10.0 Å². The predicted octanol–water partition coefficient (Wildman–Crippen LogP) is 2.45. The Morgan fingerprint density at radius 3 is 2.62 bits per heavy atom. The number of benzene rings is 1. The minimum Gasteiger partial charge on any atom is -0.486 e. The van der Waals surface area contributed by atoms with Crippen molar-refractivity contribution in [3.63, 3.8) is 0 Å². The number of anilines is 1. The zero-order valence-electron chi connectivity index (χ0n) is 16.4. The second kappa shape index (κ2) is 7.53. The molecule has 3 heterocycles. The first-order valence-electron chi connectivity index (χ1n) is 9.32. The van der Waals surface area contributed by atoms with E-state index in [0.717, 1.165) is 11.3 Å². The van der Waals surface area contributed by atoms with Gasteiger partial charge in [0.2, 0.25) is 10.0 Å². The van der Waals surface area contributed by atoms with E-state index in [4.69, 9.17) is 9.47 Å². The highest BCUT2D eigenvalue weighted by Gasteiger charge is 2.25. The molecule has 2 aromatic heterocycles. The van der Waals surface area contributed by atoms with Gasteiger partial charge in [-0.1, -0.05) is 19.9 Å². The average molecular weight is 417 g/mol. The van der Waals surface area contributed by atoms with E-state index in [1.165, 1.54) is 19.6 Å². The Kier molecular flexibility index (Phi) is 5.05. The molecule has 0 unspecified atom stereocenters. The van der Waals surface area contributed by atoms with Crippen LogP contribution in [0.3, 0.4) is 0 Å². The first-order chi connectivity index (χ1) is 13.9. The van der Waals surface area contributed by atoms with Crippen molar-refractivity contribution in [3.8, 4) is 11.5 Å². The third-order valence-corrected chi connectivity index (χ3v) is 6.31. The molecule has 0 spiro atoms. The molecule has 1 atom stereocenters. The van der Waals surface area contributed by atoms with Crippen LogP contribution in [0.5, 0.6) is 11.5 Å². The van der Waals surface area contributed by atoms with Crippen molar-refractivity contribution in [1.82, 2.24) is 19.7 Å². The van der Waals surface area contributed by atoms with E-state index in [0.29, 0.717) is 35.8 Å². The van der Waals surface area contributed by atoms with Gasteiger partial charge >= 0.3 is 0 Å². The summed E-state index contributed by atoms with van der Waals surface area (Å²) in [6, 6.07) is 5.69. The summed E-state index contributed by atoms with van der Waals surface area (Å²) in [5.41, 5.74) is 1.44. The van der Waals surface area contributed by atoms with Crippen LogP contribution in [0, 0.1) is 5.92 Å². The largest absolute Gasteiger partial charge is 0.486 e. The number of H-pyrrole nitrogens is 1. The molecule has 1 aromatic carbocycles. The molecule has 10 heteroatoms. The topological polar surface area (TPSA) is 118 Å². The summed E-state index contributed by atoms with van der Waals surface area (Å²) in [7, 11) is -2.30. The highest BCUT2D eigenvalue weighted by molar-refractivity contribution is 7.89. The summed E-state index contributed by atoms with van der Waals surface area (Å²) < 4.78 is 38.5. The molecule has 0 saturated carbocycles. The van der Waals surface area contributed by atoms with Crippen molar-refractivity contribution in [2.75, 3.05) is 25.6 Å². The quantitative estimate of drug-likeness (QED) is 0.564. The molecule has 154 valence electrons. The van der Waals surface area contributed by atoms with Crippen molar-refractivity contribution < 1.29 is 17.9 Å². The molecule has 0 radical (unpaired) electrons. The van der Waals surface area contributed by atoms with E-state index in [1.807, 2.05) is 18.2 Å². The lowest BCUT2D eigenvalue weighted by Crippen LogP contribution is -2.21. The van der Waals surface area contributed by atoms with E-state index in [-0.39, 0.29) is 16.9 Å². The lowest BCUT2D eigenvalue weighted by Gasteiger charge is -2.26. The highest BCUT2D eigenvalue weighted by atomic mass is 32.2. The summed E-state index contributed by atoms with van der Waals surface area (Å²) in [4.78, 5) is 11.5. The van der Waals surface area contributed by atoms with Crippen molar-refractivity contribution in [1.29, 1.82) is 0 Å². The summed E-state index contributed by atoms with van der Waals surface area (Å²) in [5.74, 6) is 2.05. The number of nitrogens with zero attached hydrogens (tertiary/aromatic N) is 2. The average Bonchev–Trinajstić information content (AvgIpc) is 3.17. The van der Waals surface area contributed by atoms with Gasteiger partial charge in [-0.3, -0.25) is 0 Å². The van der Waals surface area contributed by atoms with Gasteiger partial charge in [0.15, 0.2) is 11.5 Å². The Balaban J connectivity index is 1.77. The first kappa shape index (κ1) is 19.5. The van der Waals surface area contributed by atoms with Gasteiger partial charge in [0.05, 0.1) is 11.4 Å². The zero-order valence-corrected chi connectivity index (χ0v) is 17.2. The first-order valence-corrected chi connectivity index (χ1v) is 10.8. The van der Waals surface area contributed by atoms with Gasteiger partial charge in [0.1, 0.15) is 35.9 Å². The predicted molar refractivity (Wildman–Crippen MR) is 109 cm³/mol. The molecule has 0 bridgehead atoms. The minimum absolute atomic E-state index is 0.0998. The maximum absolute atomic E-state index is 12.4. The maximum Gasteiger partial charge on any atom is 0.242 e. The normalized spacial score (nSPS) is 14.9. The number of ether oxygens (including phenoxy) is 2. The van der Waals surface area contributed by atoms with Gasteiger partial charge < -0.3 is 19.8 Å². The van der Waals surface area contributed by atoms with Crippen LogP contribution in [0.25, 0.3) is 11.0 Å². The number of sulfonamides is 1. The van der Waals surface area contributed by atoms with Crippen LogP contribution in [0.15, 0.2) is 35.6 Å². The Morgan fingerprint density at radius 2 is 1.90 bits per heavy atom. The van der Waals surface area contributed by atoms with Gasteiger partial charge in [-0.05, 0) is 30.7 Å². The molecule has 0 amide bonds. The third-order valence-electron chi connectivity index (χ3n) is 4.88. The number of hydrogen-bond acceptors (Lipinski definition) is 7. The molecular formula is C19H23N5O4S. The van der Waals surface area contributed by atoms with Gasteiger partial charge in [0.25, 0.3) is 0 Å². The monoisotopic (exact) mass is 417 g/mol. The van der Waals surface area contributed by atoms with Gasteiger partial charge in [-0.2, -0.15) is 0 Å². The number of aromatic amines is 1. The van der Waals surface area contributed by atoms with Crippen LogP contribution in [-0.2, 0) is 10.0 Å². The molecule has 1 aliphatic heterocycles. The third kappa shape index (κ3) is 3.60. The molecule has 29 heavy (non-hydrogen) atoms. The maximum atomic E-state index is 12.4. The van der Waals surface area contributed by atoms with Crippen molar-refractivity contribution in [2.45, 2.75) is 24.8 Å². The minimum atomic E-state index is -3.67. The van der Waals surface area contributed by atoms with Crippen LogP contribution in [0.2, 0.25) is 0 Å². The smallest absolute Gasteiger partial charge is 0.242 e. The van der Waals surface area contributed by atoms with Gasteiger partial charge in [-0.15, -0.1) is 0 Å². The Hall–Kier alpha value is -2.85. The summed E-state index contributed by atoms with van der Waals surface area (Å²) in [6.45, 7) is 5.20. The Morgan fingerprint density at radius 1 is 1.14 bits per heavy atom. The molecular weight excluding hydrogens is 394 g/mol. The molecule has 3 aromatic rings. The summed E-state index contributed by atoms with van der Waals surface area (Å²) >= 11 is 0. The zero-order chi connectivity index (χ0) is 20.6. The molecule has 4 rings (SSSR count). The summed E-state index contributed by atoms with van der Waals surface area (Å²) in [6.07, 6.45) is 2.82. The fraction of sp³-hybridized carbons (Fsp3) is 0.368. The number of nitrogens with one attached hydrogen (secondary N) is 3. The SMILES string of the molecule is CNS(=O)(=O)c1c[nH]c2ncnc(N[C@@H](c3ccc4c(c3)OCCO4)C(C)C)c12. The Labute approximate surface area is 168 Å². The number of aromatic nitrogens is 3. The molecule has 3 N–H and O–H groups in total. The Bertz CT molecular complexity index is 1140. The standard InChI is InChI=1S/C19H23N5O4S/c1-11(2)17(12-4-5-13-14(8-12)28-7-6-27-13)24-19-16-15(29(25,26)20-3)9-21-18(16)22-10-23-19/h4-5,8-11,17,20H,6-7H2,1-3H3,(H2,21,22,23,24)/t17-/m1/s1. The summed E-state index contributed by atoms with van der Waals surface area (Å²) in [5, 5.41) is 3.83. The van der Waals surface area contributed by atoms with Gasteiger partial charge in [-0.25, -0.2) is 23.1 Å². The fourth-order valence-electron chi connectivity index (χ4n) is 3.40. The molecule has 0 aliphatic carbocycles. The number of hydrogen-bond donors (Lipinski definition) is 3. The lowest BCUT2D eigenvalue weighted by molar-refractivity contribution is 0.171. The van der Waals surface area contributed by atoms with E-state index in [9.17, 15) is 8.42 Å². The van der Waals surface area contributed by atoms with Crippen LogP contribution in [0.4, 0.5) is 5.82 Å². The highest BCUT2D eigenvalue weighted by Crippen LogP contribution is 2.37. The molecule has 0 saturated heterocycles. The number of rotatable bonds is 6. The van der Waals surface area contributed by atoms with Crippen LogP contribution < -0.4 is 19.5 Å². The van der Waals surface area contributed by atoms with Crippen molar-refractivity contribution in [3.05, 3.63) is 36.3 Å². The fourth-order valence-corrected chi connectivity index (χ4v) is 4.30. The second-order valence-corrected chi connectivity index (χ2v) is 8.93. The second-order valence-electron chi connectivity index (χ2n) is 7.08. The van der Waals surface area contributed by atoms with E-state index >= 15 is 0 Å². The van der Waals surface area contributed by atoms with E-state index in [2.05, 4.69) is 38.8 Å². The lowest BCUT2D eigenvalue weighted by atomic mass is 9.95. The van der Waals surface area contributed by atoms with Crippen molar-refractivity contribution >= 4 is 26.9 Å². The van der Waals surface area contributed by atoms with Crippen LogP contribution in [0.1, 0.15) is 25.5 Å². The van der Waals surface area contributed by atoms with Crippen LogP contribution >= 0.6 is 0 Å².